The third-order valence-corrected chi connectivity index (χ3v) is 10.2. The van der Waals surface area contributed by atoms with Crippen LogP contribution in [-0.2, 0) is 119 Å². The van der Waals surface area contributed by atoms with Crippen LogP contribution < -0.4 is 0 Å². The lowest BCUT2D eigenvalue weighted by Gasteiger charge is -1.89. The molecule has 0 spiro atoms. The molecule has 9 aliphatic rings. The van der Waals surface area contributed by atoms with Crippen molar-refractivity contribution in [2.75, 3.05) is 172 Å². The molecule has 25 nitrogen and oxygen atoms in total. The third-order valence-electron chi connectivity index (χ3n) is 10.2. The minimum Gasteiger partial charge on any atom is -0.466 e. The Morgan fingerprint density at radius 1 is 0.172 bits per heavy atom. The molecule has 0 radical (unpaired) electrons. The lowest BCUT2D eigenvalue weighted by Crippen LogP contribution is -1.95. The Morgan fingerprint density at radius 2 is 0.237 bits per heavy atom. The first-order valence-electron chi connectivity index (χ1n) is 33.9. The van der Waals surface area contributed by atoms with E-state index in [0.717, 1.165) is 119 Å². The van der Waals surface area contributed by atoms with Crippen molar-refractivity contribution < 1.29 is 119 Å². The molecule has 0 aromatic rings. The van der Waals surface area contributed by atoms with Crippen molar-refractivity contribution in [3.8, 4) is 0 Å². The van der Waals surface area contributed by atoms with E-state index in [-0.39, 0.29) is 47.8 Å². The van der Waals surface area contributed by atoms with Crippen molar-refractivity contribution in [2.45, 2.75) is 226 Å². The van der Waals surface area contributed by atoms with Crippen LogP contribution >= 0.6 is 0 Å². The van der Waals surface area contributed by atoms with Crippen molar-refractivity contribution in [1.82, 2.24) is 0 Å². The SMILES string of the molecule is C1CCOC1.C1CCOC1.C1CCOC1.C1CCOC1.C1CCOC1.C1CCOC1.C1CCOC1.C1CCOC1.C1CCOC1.CCOC(C)=O.CCOC(C)=O.CCOC(C)=O.CCOC(C)=O.CCOC(C)=O.CCOC(C)=O.CCOC(C)=O.CCOC(C)=O. The van der Waals surface area contributed by atoms with Gasteiger partial charge in [-0.05, 0) is 171 Å². The van der Waals surface area contributed by atoms with Crippen LogP contribution in [0.1, 0.15) is 226 Å². The van der Waals surface area contributed by atoms with Gasteiger partial charge in [0.15, 0.2) is 0 Å². The van der Waals surface area contributed by atoms with Crippen LogP contribution in [-0.4, -0.2) is 220 Å². The topological polar surface area (TPSA) is 293 Å². The summed E-state index contributed by atoms with van der Waals surface area (Å²) in [5, 5.41) is 0. The van der Waals surface area contributed by atoms with E-state index in [1.807, 2.05) is 0 Å². The molecule has 0 atom stereocenters. The summed E-state index contributed by atoms with van der Waals surface area (Å²) in [6, 6.07) is 0. The molecule has 558 valence electrons. The zero-order chi connectivity index (χ0) is 71.8. The van der Waals surface area contributed by atoms with Crippen LogP contribution in [0.4, 0.5) is 0 Å². The maximum Gasteiger partial charge on any atom is 0.302 e. The zero-order valence-corrected chi connectivity index (χ0v) is 61.3. The Morgan fingerprint density at radius 3 is 0.247 bits per heavy atom. The summed E-state index contributed by atoms with van der Waals surface area (Å²) in [5.74, 6) is -1.69. The van der Waals surface area contributed by atoms with E-state index in [2.05, 4.69) is 37.9 Å². The van der Waals surface area contributed by atoms with Gasteiger partial charge in [-0.15, -0.1) is 0 Å². The van der Waals surface area contributed by atoms with E-state index >= 15 is 0 Å². The summed E-state index contributed by atoms with van der Waals surface area (Å²) < 4.78 is 79.7. The van der Waals surface area contributed by atoms with E-state index in [1.54, 1.807) is 55.4 Å². The van der Waals surface area contributed by atoms with Gasteiger partial charge >= 0.3 is 47.8 Å². The van der Waals surface area contributed by atoms with Crippen LogP contribution in [0.2, 0.25) is 0 Å². The highest BCUT2D eigenvalue weighted by Gasteiger charge is 2.00. The molecular weight excluding hydrogens is 1220 g/mol. The molecule has 0 aromatic carbocycles. The highest BCUT2D eigenvalue weighted by Crippen LogP contribution is 2.02. The minimum atomic E-state index is -0.211. The Bertz CT molecular complexity index is 1080. The van der Waals surface area contributed by atoms with Gasteiger partial charge in [0.25, 0.3) is 0 Å². The van der Waals surface area contributed by atoms with Gasteiger partial charge in [0, 0.05) is 174 Å². The van der Waals surface area contributed by atoms with Crippen molar-refractivity contribution in [3.63, 3.8) is 0 Å². The standard InChI is InChI=1S/8C4H8O2.9C4H8O/c8*1-3-6-4(2)5;9*1-2-4-5-3-1/h8*3H2,1-2H3;9*1-4H2. The molecule has 0 aromatic heterocycles. The first kappa shape index (κ1) is 104. The Hall–Kier alpha value is -4.60. The van der Waals surface area contributed by atoms with E-state index in [0.29, 0.717) is 52.9 Å². The number of ether oxygens (including phenoxy) is 17. The molecule has 0 N–H and O–H groups in total. The molecule has 9 aliphatic heterocycles. The van der Waals surface area contributed by atoms with E-state index in [9.17, 15) is 38.4 Å². The molecule has 25 heteroatoms. The van der Waals surface area contributed by atoms with Crippen LogP contribution in [0.3, 0.4) is 0 Å². The average molecular weight is 1350 g/mol. The summed E-state index contributed by atoms with van der Waals surface area (Å²) in [7, 11) is 0. The fourth-order valence-electron chi connectivity index (χ4n) is 6.22. The second kappa shape index (κ2) is 101. The van der Waals surface area contributed by atoms with E-state index < -0.39 is 0 Å². The van der Waals surface area contributed by atoms with Crippen LogP contribution in [0.5, 0.6) is 0 Å². The molecule has 0 bridgehead atoms. The summed E-state index contributed by atoms with van der Waals surface area (Å²) >= 11 is 0. The van der Waals surface area contributed by atoms with Crippen LogP contribution in [0.25, 0.3) is 0 Å². The summed E-state index contributed by atoms with van der Waals surface area (Å²) in [6.45, 7) is 47.2. The lowest BCUT2D eigenvalue weighted by atomic mass is 10.4. The molecule has 0 amide bonds. The highest BCUT2D eigenvalue weighted by atomic mass is 16.6. The van der Waals surface area contributed by atoms with Gasteiger partial charge in [-0.2, -0.15) is 0 Å². The predicted octanol–water partition coefficient (Wildman–Crippen LogP) is 11.7. The Balaban J connectivity index is -0.000000138. The smallest absolute Gasteiger partial charge is 0.302 e. The van der Waals surface area contributed by atoms with E-state index in [1.165, 1.54) is 171 Å². The Labute approximate surface area is 562 Å². The zero-order valence-electron chi connectivity index (χ0n) is 61.3. The van der Waals surface area contributed by atoms with Crippen molar-refractivity contribution >= 4 is 47.8 Å². The highest BCUT2D eigenvalue weighted by molar-refractivity contribution is 5.67. The first-order chi connectivity index (χ1) is 44.7. The van der Waals surface area contributed by atoms with Gasteiger partial charge in [-0.25, -0.2) is 0 Å². The van der Waals surface area contributed by atoms with Crippen molar-refractivity contribution in [1.29, 1.82) is 0 Å². The summed E-state index contributed by atoms with van der Waals surface area (Å²) in [6.07, 6.45) is 23.0. The van der Waals surface area contributed by atoms with Crippen LogP contribution in [0, 0.1) is 0 Å². The van der Waals surface area contributed by atoms with Gasteiger partial charge in [-0.1, -0.05) is 0 Å². The molecule has 0 aliphatic carbocycles. The maximum atomic E-state index is 9.82. The van der Waals surface area contributed by atoms with E-state index in [4.69, 9.17) is 42.6 Å². The third kappa shape index (κ3) is 154. The fourth-order valence-corrected chi connectivity index (χ4v) is 6.22. The van der Waals surface area contributed by atoms with Crippen LogP contribution in [0.15, 0.2) is 0 Å². The monoisotopic (exact) mass is 1350 g/mol. The largest absolute Gasteiger partial charge is 0.466 e. The number of carbonyl (C=O) groups is 8. The number of hydrogen-bond acceptors (Lipinski definition) is 25. The normalized spacial score (nSPS) is 15.6. The summed E-state index contributed by atoms with van der Waals surface area (Å²) in [5.41, 5.74) is 0. The minimum absolute atomic E-state index is 0.211. The van der Waals surface area contributed by atoms with Gasteiger partial charge in [0.2, 0.25) is 0 Å². The van der Waals surface area contributed by atoms with Gasteiger partial charge < -0.3 is 80.5 Å². The number of hydrogen-bond donors (Lipinski definition) is 0. The second-order valence-electron chi connectivity index (χ2n) is 19.3. The molecule has 9 rings (SSSR count). The molecular formula is C68H136O25. The maximum absolute atomic E-state index is 9.82. The molecule has 9 fully saturated rings. The predicted molar refractivity (Wildman–Crippen MR) is 359 cm³/mol. The summed E-state index contributed by atoms with van der Waals surface area (Å²) in [4.78, 5) is 78.6. The molecule has 93 heavy (non-hydrogen) atoms. The molecule has 9 saturated heterocycles. The molecule has 0 saturated carbocycles. The Kier molecular flexibility index (Phi) is 113. The lowest BCUT2D eigenvalue weighted by molar-refractivity contribution is -0.141. The number of esters is 8. The fraction of sp³-hybridized carbons (Fsp3) is 0.882. The second-order valence-corrected chi connectivity index (χ2v) is 19.3. The molecule has 0 unspecified atom stereocenters. The molecule has 9 heterocycles. The van der Waals surface area contributed by atoms with Crippen molar-refractivity contribution in [2.24, 2.45) is 0 Å². The first-order valence-corrected chi connectivity index (χ1v) is 33.9. The quantitative estimate of drug-likeness (QED) is 0.161. The average Bonchev–Trinajstić information content (AvgIpc) is 4.36. The van der Waals surface area contributed by atoms with Crippen molar-refractivity contribution in [3.05, 3.63) is 0 Å². The number of carbonyl (C=O) groups excluding carboxylic acids is 8. The van der Waals surface area contributed by atoms with Gasteiger partial charge in [0.05, 0.1) is 52.9 Å². The number of rotatable bonds is 8. The van der Waals surface area contributed by atoms with Gasteiger partial charge in [0.1, 0.15) is 0 Å². The van der Waals surface area contributed by atoms with Gasteiger partial charge in [-0.3, -0.25) is 38.4 Å².